The Kier molecular flexibility index (Phi) is 7.05. The Hall–Kier alpha value is -5.43. The molecule has 0 aliphatic rings. The van der Waals surface area contributed by atoms with Crippen LogP contribution in [0.3, 0.4) is 0 Å². The van der Waals surface area contributed by atoms with Crippen molar-refractivity contribution >= 4 is 22.7 Å². The Bertz CT molecular complexity index is 1780. The summed E-state index contributed by atoms with van der Waals surface area (Å²) in [7, 11) is 0. The molecule has 10 nitrogen and oxygen atoms in total. The molecule has 1 amide bonds. The van der Waals surface area contributed by atoms with Crippen LogP contribution in [0.5, 0.6) is 0 Å². The third-order valence-corrected chi connectivity index (χ3v) is 6.50. The maximum Gasteiger partial charge on any atom is 0.409 e. The minimum absolute atomic E-state index is 0.0543. The summed E-state index contributed by atoms with van der Waals surface area (Å²) in [4.78, 5) is 42.5. The molecule has 0 aliphatic heterocycles. The smallest absolute Gasteiger partial charge is 0.409 e. The van der Waals surface area contributed by atoms with Gasteiger partial charge in [-0.3, -0.25) is 14.7 Å². The second-order valence-corrected chi connectivity index (χ2v) is 9.17. The maximum absolute atomic E-state index is 13.9. The summed E-state index contributed by atoms with van der Waals surface area (Å²) in [5.41, 5.74) is 1.83. The number of para-hydroxylation sites is 1. The zero-order chi connectivity index (χ0) is 27.4. The van der Waals surface area contributed by atoms with Crippen LogP contribution >= 0.6 is 0 Å². The van der Waals surface area contributed by atoms with Crippen LogP contribution in [0, 0.1) is 17.2 Å². The molecule has 39 heavy (non-hydrogen) atoms. The van der Waals surface area contributed by atoms with Gasteiger partial charge >= 0.3 is 11.8 Å². The zero-order valence-electron chi connectivity index (χ0n) is 20.8. The van der Waals surface area contributed by atoms with Crippen LogP contribution in [0.25, 0.3) is 16.6 Å². The Morgan fingerprint density at radius 3 is 2.41 bits per heavy atom. The van der Waals surface area contributed by atoms with Gasteiger partial charge in [-0.2, -0.15) is 5.26 Å². The number of nitriles is 1. The molecule has 0 fully saturated rings. The second-order valence-electron chi connectivity index (χ2n) is 9.17. The van der Waals surface area contributed by atoms with E-state index in [4.69, 9.17) is 10.4 Å². The quantitative estimate of drug-likeness (QED) is 0.319. The lowest BCUT2D eigenvalue weighted by molar-refractivity contribution is 0.209. The number of amides is 1. The van der Waals surface area contributed by atoms with Gasteiger partial charge in [0.25, 0.3) is 5.56 Å². The van der Waals surface area contributed by atoms with Gasteiger partial charge < -0.3 is 9.67 Å². The molecule has 0 saturated carbocycles. The summed E-state index contributed by atoms with van der Waals surface area (Å²) in [6.07, 6.45) is 4.70. The molecule has 5 rings (SSSR count). The molecule has 5 aromatic rings. The van der Waals surface area contributed by atoms with Crippen molar-refractivity contribution < 1.29 is 9.90 Å². The Morgan fingerprint density at radius 1 is 1.00 bits per heavy atom. The van der Waals surface area contributed by atoms with Crippen molar-refractivity contribution in [3.63, 3.8) is 0 Å². The van der Waals surface area contributed by atoms with Crippen molar-refractivity contribution in [1.82, 2.24) is 18.7 Å². The van der Waals surface area contributed by atoms with E-state index in [0.29, 0.717) is 47.4 Å². The van der Waals surface area contributed by atoms with Crippen LogP contribution in [-0.2, 0) is 19.5 Å². The highest BCUT2D eigenvalue weighted by atomic mass is 16.4. The minimum atomic E-state index is -1.21. The SMILES string of the molecule is N#Cc1ccc(CC(Cn2ccnc2)Cn2c(=O)n(-c3ccc(NC(=O)O)cc3)c(=O)c3ccccc32)cc1. The Balaban J connectivity index is 1.59. The molecule has 0 bridgehead atoms. The first-order valence-electron chi connectivity index (χ1n) is 12.2. The first kappa shape index (κ1) is 25.2. The van der Waals surface area contributed by atoms with Gasteiger partial charge in [-0.1, -0.05) is 24.3 Å². The predicted octanol–water partition coefficient (Wildman–Crippen LogP) is 3.87. The Labute approximate surface area is 222 Å². The summed E-state index contributed by atoms with van der Waals surface area (Å²) < 4.78 is 4.68. The third kappa shape index (κ3) is 5.47. The van der Waals surface area contributed by atoms with Gasteiger partial charge in [0.2, 0.25) is 0 Å². The second kappa shape index (κ2) is 10.9. The van der Waals surface area contributed by atoms with Crippen LogP contribution < -0.4 is 16.6 Å². The Morgan fingerprint density at radius 2 is 1.74 bits per heavy atom. The molecule has 2 N–H and O–H groups in total. The van der Waals surface area contributed by atoms with Crippen molar-refractivity contribution in [3.8, 4) is 11.8 Å². The average Bonchev–Trinajstić information content (AvgIpc) is 3.45. The topological polar surface area (TPSA) is 135 Å². The predicted molar refractivity (Wildman–Crippen MR) is 146 cm³/mol. The number of hydrogen-bond acceptors (Lipinski definition) is 5. The largest absolute Gasteiger partial charge is 0.465 e. The monoisotopic (exact) mass is 520 g/mol. The zero-order valence-corrected chi connectivity index (χ0v) is 20.8. The van der Waals surface area contributed by atoms with Gasteiger partial charge in [0.15, 0.2) is 0 Å². The van der Waals surface area contributed by atoms with Gasteiger partial charge in [-0.15, -0.1) is 0 Å². The van der Waals surface area contributed by atoms with Gasteiger partial charge in [0.05, 0.1) is 34.6 Å². The highest BCUT2D eigenvalue weighted by Crippen LogP contribution is 2.18. The van der Waals surface area contributed by atoms with Crippen molar-refractivity contribution in [2.24, 2.45) is 5.92 Å². The number of anilines is 1. The maximum atomic E-state index is 13.9. The molecular weight excluding hydrogens is 496 g/mol. The highest BCUT2D eigenvalue weighted by molar-refractivity contribution is 5.83. The average molecular weight is 521 g/mol. The van der Waals surface area contributed by atoms with Crippen molar-refractivity contribution in [2.45, 2.75) is 19.5 Å². The first-order valence-corrected chi connectivity index (χ1v) is 12.2. The summed E-state index contributed by atoms with van der Waals surface area (Å²) in [5, 5.41) is 20.8. The van der Waals surface area contributed by atoms with Crippen LogP contribution in [0.15, 0.2) is 101 Å². The molecule has 0 radical (unpaired) electrons. The lowest BCUT2D eigenvalue weighted by Gasteiger charge is -2.21. The van der Waals surface area contributed by atoms with E-state index in [1.165, 1.54) is 24.3 Å². The molecule has 2 heterocycles. The van der Waals surface area contributed by atoms with Crippen LogP contribution in [-0.4, -0.2) is 29.9 Å². The lowest BCUT2D eigenvalue weighted by Crippen LogP contribution is -2.40. The van der Waals surface area contributed by atoms with Crippen molar-refractivity contribution in [2.75, 3.05) is 5.32 Å². The van der Waals surface area contributed by atoms with E-state index < -0.39 is 17.3 Å². The fourth-order valence-corrected chi connectivity index (χ4v) is 4.73. The molecule has 10 heteroatoms. The number of benzene rings is 3. The number of fused-ring (bicyclic) bond motifs is 1. The molecule has 0 aliphatic carbocycles. The number of nitrogens with zero attached hydrogens (tertiary/aromatic N) is 5. The number of rotatable bonds is 8. The standard InChI is InChI=1S/C29H24N6O4/c30-16-21-7-5-20(6-8-21)15-22(17-33-14-13-31-19-33)18-34-26-4-2-1-3-25(26)27(36)35(29(34)39)24-11-9-23(10-12-24)32-28(37)38/h1-14,19,22,32H,15,17-18H2,(H,37,38). The van der Waals surface area contributed by atoms with E-state index in [1.807, 2.05) is 22.9 Å². The molecule has 0 spiro atoms. The van der Waals surface area contributed by atoms with Gasteiger partial charge in [-0.05, 0) is 66.4 Å². The third-order valence-electron chi connectivity index (χ3n) is 6.50. The molecule has 0 saturated heterocycles. The fraction of sp³-hybridized carbons (Fsp3) is 0.138. The van der Waals surface area contributed by atoms with E-state index in [0.717, 1.165) is 10.1 Å². The summed E-state index contributed by atoms with van der Waals surface area (Å²) in [6.45, 7) is 0.895. The van der Waals surface area contributed by atoms with Crippen LogP contribution in [0.2, 0.25) is 0 Å². The molecule has 194 valence electrons. The number of nitrogens with one attached hydrogen (secondary N) is 1. The number of imidazole rings is 1. The summed E-state index contributed by atoms with van der Waals surface area (Å²) >= 11 is 0. The number of carboxylic acid groups (broad SMARTS) is 1. The minimum Gasteiger partial charge on any atom is -0.465 e. The number of hydrogen-bond donors (Lipinski definition) is 2. The van der Waals surface area contributed by atoms with Crippen molar-refractivity contribution in [3.05, 3.63) is 123 Å². The van der Waals surface area contributed by atoms with E-state index in [9.17, 15) is 14.4 Å². The van der Waals surface area contributed by atoms with Gasteiger partial charge in [-0.25, -0.2) is 19.1 Å². The van der Waals surface area contributed by atoms with E-state index in [2.05, 4.69) is 16.4 Å². The normalized spacial score (nSPS) is 11.7. The first-order chi connectivity index (χ1) is 18.9. The molecular formula is C29H24N6O4. The summed E-state index contributed by atoms with van der Waals surface area (Å²) in [6, 6.07) is 22.6. The molecule has 3 aromatic carbocycles. The van der Waals surface area contributed by atoms with E-state index in [1.54, 1.807) is 53.5 Å². The molecule has 1 atom stereocenters. The van der Waals surface area contributed by atoms with E-state index >= 15 is 0 Å². The number of aromatic nitrogens is 4. The molecule has 1 unspecified atom stereocenters. The fourth-order valence-electron chi connectivity index (χ4n) is 4.73. The molecule has 2 aromatic heterocycles. The van der Waals surface area contributed by atoms with Gasteiger partial charge in [0, 0.05) is 31.2 Å². The van der Waals surface area contributed by atoms with Crippen LogP contribution in [0.4, 0.5) is 10.5 Å². The lowest BCUT2D eigenvalue weighted by atomic mass is 9.98. The van der Waals surface area contributed by atoms with Gasteiger partial charge in [0.1, 0.15) is 0 Å². The van der Waals surface area contributed by atoms with Crippen molar-refractivity contribution in [1.29, 1.82) is 5.26 Å². The van der Waals surface area contributed by atoms with E-state index in [-0.39, 0.29) is 5.92 Å². The highest BCUT2D eigenvalue weighted by Gasteiger charge is 2.19. The number of carbonyl (C=O) groups is 1. The summed E-state index contributed by atoms with van der Waals surface area (Å²) in [5.74, 6) is -0.0543. The van der Waals surface area contributed by atoms with Crippen LogP contribution in [0.1, 0.15) is 11.1 Å².